The summed E-state index contributed by atoms with van der Waals surface area (Å²) in [5.41, 5.74) is 6.38. The Morgan fingerprint density at radius 1 is 1.12 bits per heavy atom. The molecule has 1 rings (SSSR count). The Hall–Kier alpha value is 0.220. The summed E-state index contributed by atoms with van der Waals surface area (Å²) in [6.07, 6.45) is -5.12. The number of hydrogen-bond acceptors (Lipinski definition) is 1. The third-order valence-corrected chi connectivity index (χ3v) is 2.97. The van der Waals surface area contributed by atoms with Gasteiger partial charge in [-0.05, 0) is 30.2 Å². The van der Waals surface area contributed by atoms with Gasteiger partial charge >= 0.3 is 6.18 Å². The lowest BCUT2D eigenvalue weighted by Crippen LogP contribution is -2.15. The zero-order chi connectivity index (χ0) is 12.3. The van der Waals surface area contributed by atoms with E-state index in [9.17, 15) is 13.2 Å². The van der Waals surface area contributed by atoms with Gasteiger partial charge in [-0.3, -0.25) is 0 Å². The van der Waals surface area contributed by atoms with Crippen LogP contribution in [0.25, 0.3) is 0 Å². The van der Waals surface area contributed by atoms with Gasteiger partial charge in [0.15, 0.2) is 0 Å². The Morgan fingerprint density at radius 3 is 2.00 bits per heavy atom. The fourth-order valence-electron chi connectivity index (χ4n) is 1.28. The fourth-order valence-corrected chi connectivity index (χ4v) is 2.60. The summed E-state index contributed by atoms with van der Waals surface area (Å²) in [4.78, 5) is 0. The van der Waals surface area contributed by atoms with Gasteiger partial charge in [-0.15, -0.1) is 12.4 Å². The SMILES string of the molecule is Cl.N[C@H](CCC(F)(F)F)c1cc(Br)cc(Br)c1. The third kappa shape index (κ3) is 6.64. The van der Waals surface area contributed by atoms with Gasteiger partial charge in [0.05, 0.1) is 0 Å². The first kappa shape index (κ1) is 17.2. The molecule has 1 nitrogen and oxygen atoms in total. The van der Waals surface area contributed by atoms with Crippen molar-refractivity contribution in [1.29, 1.82) is 0 Å². The fraction of sp³-hybridized carbons (Fsp3) is 0.400. The van der Waals surface area contributed by atoms with E-state index in [0.717, 1.165) is 8.95 Å². The Bertz CT molecular complexity index is 351. The van der Waals surface area contributed by atoms with Crippen LogP contribution >= 0.6 is 44.3 Å². The molecule has 98 valence electrons. The molecule has 2 N–H and O–H groups in total. The Labute approximate surface area is 121 Å². The minimum absolute atomic E-state index is 0. The number of nitrogens with two attached hydrogens (primary N) is 1. The molecular formula is C10H11Br2ClF3N. The van der Waals surface area contributed by atoms with E-state index in [1.807, 2.05) is 0 Å². The van der Waals surface area contributed by atoms with Gasteiger partial charge in [0.25, 0.3) is 0 Å². The van der Waals surface area contributed by atoms with E-state index in [-0.39, 0.29) is 18.8 Å². The lowest BCUT2D eigenvalue weighted by Gasteiger charge is -2.14. The molecule has 0 aliphatic carbocycles. The van der Waals surface area contributed by atoms with Crippen molar-refractivity contribution >= 4 is 44.3 Å². The van der Waals surface area contributed by atoms with Crippen molar-refractivity contribution in [1.82, 2.24) is 0 Å². The molecule has 0 saturated heterocycles. The van der Waals surface area contributed by atoms with E-state index < -0.39 is 18.6 Å². The number of rotatable bonds is 3. The van der Waals surface area contributed by atoms with E-state index >= 15 is 0 Å². The van der Waals surface area contributed by atoms with Crippen molar-refractivity contribution in [2.45, 2.75) is 25.1 Å². The molecule has 0 bridgehead atoms. The highest BCUT2D eigenvalue weighted by Crippen LogP contribution is 2.29. The zero-order valence-electron chi connectivity index (χ0n) is 8.60. The van der Waals surface area contributed by atoms with E-state index in [1.165, 1.54) is 0 Å². The highest BCUT2D eigenvalue weighted by molar-refractivity contribution is 9.11. The molecule has 7 heteroatoms. The van der Waals surface area contributed by atoms with Gasteiger partial charge in [0, 0.05) is 21.4 Å². The van der Waals surface area contributed by atoms with Crippen LogP contribution in [-0.2, 0) is 0 Å². The van der Waals surface area contributed by atoms with Gasteiger partial charge in [-0.1, -0.05) is 31.9 Å². The summed E-state index contributed by atoms with van der Waals surface area (Å²) < 4.78 is 37.6. The lowest BCUT2D eigenvalue weighted by molar-refractivity contribution is -0.136. The molecule has 0 aliphatic rings. The average molecular weight is 397 g/mol. The molecule has 0 amide bonds. The summed E-state index contributed by atoms with van der Waals surface area (Å²) >= 11 is 6.53. The van der Waals surface area contributed by atoms with Crippen molar-refractivity contribution in [3.63, 3.8) is 0 Å². The maximum Gasteiger partial charge on any atom is 0.389 e. The topological polar surface area (TPSA) is 26.0 Å². The molecule has 1 atom stereocenters. The van der Waals surface area contributed by atoms with Crippen LogP contribution in [0.2, 0.25) is 0 Å². The van der Waals surface area contributed by atoms with Crippen molar-refractivity contribution in [3.8, 4) is 0 Å². The second kappa shape index (κ2) is 6.97. The minimum atomic E-state index is -4.15. The first-order valence-corrected chi connectivity index (χ1v) is 6.15. The number of benzene rings is 1. The molecule has 0 saturated carbocycles. The molecule has 0 heterocycles. The van der Waals surface area contributed by atoms with Gasteiger partial charge < -0.3 is 5.73 Å². The molecule has 0 unspecified atom stereocenters. The van der Waals surface area contributed by atoms with Gasteiger partial charge in [-0.2, -0.15) is 13.2 Å². The average Bonchev–Trinajstić information content (AvgIpc) is 2.11. The second-order valence-corrected chi connectivity index (χ2v) is 5.29. The monoisotopic (exact) mass is 395 g/mol. The van der Waals surface area contributed by atoms with Gasteiger partial charge in [0.2, 0.25) is 0 Å². The largest absolute Gasteiger partial charge is 0.389 e. The lowest BCUT2D eigenvalue weighted by atomic mass is 10.0. The van der Waals surface area contributed by atoms with Gasteiger partial charge in [-0.25, -0.2) is 0 Å². The maximum atomic E-state index is 12.0. The van der Waals surface area contributed by atoms with Crippen LogP contribution in [0, 0.1) is 0 Å². The molecule has 1 aromatic carbocycles. The molecule has 0 spiro atoms. The van der Waals surface area contributed by atoms with Crippen LogP contribution in [-0.4, -0.2) is 6.18 Å². The molecule has 1 aromatic rings. The summed E-state index contributed by atoms with van der Waals surface area (Å²) in [6, 6.07) is 4.66. The summed E-state index contributed by atoms with van der Waals surface area (Å²) in [5.74, 6) is 0. The predicted octanol–water partition coefficient (Wildman–Crippen LogP) is 4.98. The Balaban J connectivity index is 0.00000256. The molecule has 0 fully saturated rings. The molecular weight excluding hydrogens is 386 g/mol. The summed E-state index contributed by atoms with van der Waals surface area (Å²) in [5, 5.41) is 0. The highest BCUT2D eigenvalue weighted by Gasteiger charge is 2.27. The maximum absolute atomic E-state index is 12.0. The van der Waals surface area contributed by atoms with Crippen LogP contribution < -0.4 is 5.73 Å². The van der Waals surface area contributed by atoms with Crippen molar-refractivity contribution in [2.75, 3.05) is 0 Å². The van der Waals surface area contributed by atoms with Crippen LogP contribution in [0.15, 0.2) is 27.1 Å². The first-order chi connectivity index (χ1) is 7.28. The number of halogens is 6. The molecule has 0 radical (unpaired) electrons. The Kier molecular flexibility index (Phi) is 7.06. The van der Waals surface area contributed by atoms with E-state index in [0.29, 0.717) is 5.56 Å². The van der Waals surface area contributed by atoms with Crippen molar-refractivity contribution in [2.24, 2.45) is 5.73 Å². The van der Waals surface area contributed by atoms with Crippen LogP contribution in [0.3, 0.4) is 0 Å². The van der Waals surface area contributed by atoms with Crippen LogP contribution in [0.4, 0.5) is 13.2 Å². The predicted molar refractivity (Wildman–Crippen MR) is 71.3 cm³/mol. The standard InChI is InChI=1S/C10H10Br2F3N.ClH/c11-7-3-6(4-8(12)5-7)9(16)1-2-10(13,14)15;/h3-5,9H,1-2,16H2;1H/t9-;/m1./s1. The normalized spacial score (nSPS) is 13.1. The smallest absolute Gasteiger partial charge is 0.324 e. The molecule has 0 aromatic heterocycles. The number of hydrogen-bond donors (Lipinski definition) is 1. The van der Waals surface area contributed by atoms with E-state index in [2.05, 4.69) is 31.9 Å². The second-order valence-electron chi connectivity index (χ2n) is 3.46. The quantitative estimate of drug-likeness (QED) is 0.765. The molecule has 0 aliphatic heterocycles. The van der Waals surface area contributed by atoms with E-state index in [1.54, 1.807) is 18.2 Å². The van der Waals surface area contributed by atoms with Gasteiger partial charge in [0.1, 0.15) is 0 Å². The highest BCUT2D eigenvalue weighted by atomic mass is 79.9. The van der Waals surface area contributed by atoms with Crippen LogP contribution in [0.1, 0.15) is 24.4 Å². The summed E-state index contributed by atoms with van der Waals surface area (Å²) in [7, 11) is 0. The first-order valence-electron chi connectivity index (χ1n) is 4.56. The third-order valence-electron chi connectivity index (χ3n) is 2.05. The number of alkyl halides is 3. The zero-order valence-corrected chi connectivity index (χ0v) is 12.6. The molecule has 17 heavy (non-hydrogen) atoms. The van der Waals surface area contributed by atoms with E-state index in [4.69, 9.17) is 5.73 Å². The summed E-state index contributed by atoms with van der Waals surface area (Å²) in [6.45, 7) is 0. The Morgan fingerprint density at radius 2 is 1.59 bits per heavy atom. The van der Waals surface area contributed by atoms with Crippen molar-refractivity contribution in [3.05, 3.63) is 32.7 Å². The van der Waals surface area contributed by atoms with Crippen molar-refractivity contribution < 1.29 is 13.2 Å². The minimum Gasteiger partial charge on any atom is -0.324 e. The van der Waals surface area contributed by atoms with Crippen LogP contribution in [0.5, 0.6) is 0 Å².